The molecule has 4 nitrogen and oxygen atoms in total. The predicted molar refractivity (Wildman–Crippen MR) is 46.7 cm³/mol. The second kappa shape index (κ2) is 3.50. The van der Waals surface area contributed by atoms with Gasteiger partial charge in [0.2, 0.25) is 5.82 Å². The summed E-state index contributed by atoms with van der Waals surface area (Å²) in [6.07, 6.45) is -3.05. The Bertz CT molecular complexity index is 425. The Hall–Kier alpha value is -1.53. The molecule has 0 saturated carbocycles. The fourth-order valence-electron chi connectivity index (χ4n) is 1.90. The van der Waals surface area contributed by atoms with Crippen molar-refractivity contribution in [3.8, 4) is 0 Å². The van der Waals surface area contributed by atoms with Gasteiger partial charge in [-0.15, -0.1) is 0 Å². The van der Waals surface area contributed by atoms with Crippen LogP contribution in [-0.4, -0.2) is 20.6 Å². The van der Waals surface area contributed by atoms with Gasteiger partial charge in [-0.2, -0.15) is 13.2 Å². The molecule has 0 spiro atoms. The summed E-state index contributed by atoms with van der Waals surface area (Å²) >= 11 is 0. The normalized spacial score (nSPS) is 20.6. The Balaban J connectivity index is 2.31. The maximum atomic E-state index is 12.5. The highest BCUT2D eigenvalue weighted by atomic mass is 19.4. The Kier molecular flexibility index (Phi) is 2.40. The van der Waals surface area contributed by atoms with Crippen molar-refractivity contribution in [1.82, 2.24) is 9.55 Å². The van der Waals surface area contributed by atoms with Crippen LogP contribution in [0.5, 0.6) is 0 Å². The number of imidazole rings is 1. The van der Waals surface area contributed by atoms with Crippen LogP contribution in [-0.2, 0) is 23.9 Å². The van der Waals surface area contributed by atoms with Gasteiger partial charge in [-0.3, -0.25) is 4.79 Å². The zero-order chi connectivity index (χ0) is 11.9. The van der Waals surface area contributed by atoms with E-state index in [1.54, 1.807) is 0 Å². The molecule has 0 fully saturated rings. The average molecular weight is 234 g/mol. The van der Waals surface area contributed by atoms with Crippen LogP contribution in [0.1, 0.15) is 17.9 Å². The fourth-order valence-corrected chi connectivity index (χ4v) is 1.90. The molecular formula is C9H9F3N2O2. The van der Waals surface area contributed by atoms with Crippen molar-refractivity contribution in [3.63, 3.8) is 0 Å². The van der Waals surface area contributed by atoms with Gasteiger partial charge in [-0.25, -0.2) is 4.98 Å². The van der Waals surface area contributed by atoms with Crippen LogP contribution in [0.15, 0.2) is 6.20 Å². The van der Waals surface area contributed by atoms with Crippen LogP contribution in [0, 0.1) is 5.92 Å². The van der Waals surface area contributed by atoms with Crippen LogP contribution in [0.2, 0.25) is 0 Å². The van der Waals surface area contributed by atoms with Gasteiger partial charge in [0.05, 0.1) is 5.92 Å². The number of alkyl halides is 3. The molecule has 1 aromatic rings. The Labute approximate surface area is 88.7 Å². The number of aromatic nitrogens is 2. The van der Waals surface area contributed by atoms with Gasteiger partial charge in [-0.1, -0.05) is 0 Å². The summed E-state index contributed by atoms with van der Waals surface area (Å²) in [5, 5.41) is 8.78. The second-order valence-corrected chi connectivity index (χ2v) is 3.75. The predicted octanol–water partition coefficient (Wildman–Crippen LogP) is 1.55. The van der Waals surface area contributed by atoms with E-state index in [9.17, 15) is 18.0 Å². The lowest BCUT2D eigenvalue weighted by atomic mass is 9.96. The lowest BCUT2D eigenvalue weighted by molar-refractivity contribution is -0.148. The molecule has 88 valence electrons. The zero-order valence-corrected chi connectivity index (χ0v) is 8.16. The highest BCUT2D eigenvalue weighted by Crippen LogP contribution is 2.32. The molecule has 1 aliphatic rings. The minimum Gasteiger partial charge on any atom is -0.481 e. The summed E-state index contributed by atoms with van der Waals surface area (Å²) in [7, 11) is 0. The number of aliphatic carboxylic acids is 1. The standard InChI is InChI=1S/C9H9F3N2O2/c10-9(11,12)8-13-4-6-3-5(7(15)16)1-2-14(6)8/h4-5H,1-3H2,(H,15,16)/t5-/m1/s1. The van der Waals surface area contributed by atoms with E-state index in [2.05, 4.69) is 4.98 Å². The number of carboxylic acids is 1. The third kappa shape index (κ3) is 1.77. The van der Waals surface area contributed by atoms with E-state index < -0.39 is 23.9 Å². The van der Waals surface area contributed by atoms with Gasteiger partial charge in [0, 0.05) is 24.9 Å². The lowest BCUT2D eigenvalue weighted by Gasteiger charge is -2.22. The molecule has 2 heterocycles. The van der Waals surface area contributed by atoms with Gasteiger partial charge in [0.15, 0.2) is 0 Å². The van der Waals surface area contributed by atoms with Crippen molar-refractivity contribution in [3.05, 3.63) is 17.7 Å². The fraction of sp³-hybridized carbons (Fsp3) is 0.556. The summed E-state index contributed by atoms with van der Waals surface area (Å²) in [6, 6.07) is 0. The van der Waals surface area contributed by atoms with E-state index in [4.69, 9.17) is 5.11 Å². The van der Waals surface area contributed by atoms with E-state index >= 15 is 0 Å². The molecule has 0 bridgehead atoms. The molecule has 0 saturated heterocycles. The molecular weight excluding hydrogens is 225 g/mol. The first-order chi connectivity index (χ1) is 7.39. The molecule has 1 N–H and O–H groups in total. The summed E-state index contributed by atoms with van der Waals surface area (Å²) < 4.78 is 38.5. The number of fused-ring (bicyclic) bond motifs is 1. The van der Waals surface area contributed by atoms with Crippen LogP contribution >= 0.6 is 0 Å². The van der Waals surface area contributed by atoms with Crippen LogP contribution in [0.3, 0.4) is 0 Å². The van der Waals surface area contributed by atoms with Crippen molar-refractivity contribution in [2.45, 2.75) is 25.6 Å². The van der Waals surface area contributed by atoms with E-state index in [1.165, 1.54) is 0 Å². The minimum absolute atomic E-state index is 0.0567. The molecule has 1 atom stereocenters. The van der Waals surface area contributed by atoms with Crippen molar-refractivity contribution in [2.75, 3.05) is 0 Å². The smallest absolute Gasteiger partial charge is 0.449 e. The van der Waals surface area contributed by atoms with Gasteiger partial charge in [0.1, 0.15) is 0 Å². The number of rotatable bonds is 1. The first kappa shape index (κ1) is 11.0. The number of carbonyl (C=O) groups is 1. The van der Waals surface area contributed by atoms with E-state index in [0.717, 1.165) is 10.8 Å². The topological polar surface area (TPSA) is 55.1 Å². The van der Waals surface area contributed by atoms with Gasteiger partial charge in [0.25, 0.3) is 0 Å². The number of halogens is 3. The lowest BCUT2D eigenvalue weighted by Crippen LogP contribution is -2.27. The third-order valence-electron chi connectivity index (χ3n) is 2.70. The molecule has 1 aromatic heterocycles. The Morgan fingerprint density at radius 1 is 1.56 bits per heavy atom. The van der Waals surface area contributed by atoms with Crippen LogP contribution in [0.4, 0.5) is 13.2 Å². The molecule has 7 heteroatoms. The molecule has 1 aliphatic heterocycles. The van der Waals surface area contributed by atoms with E-state index in [-0.39, 0.29) is 19.4 Å². The highest BCUT2D eigenvalue weighted by Gasteiger charge is 2.39. The van der Waals surface area contributed by atoms with Crippen molar-refractivity contribution < 1.29 is 23.1 Å². The second-order valence-electron chi connectivity index (χ2n) is 3.75. The molecule has 0 amide bonds. The molecule has 0 aliphatic carbocycles. The average Bonchev–Trinajstić information content (AvgIpc) is 2.58. The zero-order valence-electron chi connectivity index (χ0n) is 8.16. The number of hydrogen-bond acceptors (Lipinski definition) is 2. The molecule has 2 rings (SSSR count). The van der Waals surface area contributed by atoms with E-state index in [0.29, 0.717) is 5.69 Å². The van der Waals surface area contributed by atoms with Crippen molar-refractivity contribution >= 4 is 5.97 Å². The maximum Gasteiger partial charge on any atom is 0.449 e. The summed E-state index contributed by atoms with van der Waals surface area (Å²) in [5.41, 5.74) is 0.339. The number of hydrogen-bond donors (Lipinski definition) is 1. The van der Waals surface area contributed by atoms with Gasteiger partial charge < -0.3 is 9.67 Å². The van der Waals surface area contributed by atoms with Crippen molar-refractivity contribution in [1.29, 1.82) is 0 Å². The first-order valence-electron chi connectivity index (χ1n) is 4.74. The Morgan fingerprint density at radius 2 is 2.25 bits per heavy atom. The highest BCUT2D eigenvalue weighted by molar-refractivity contribution is 5.70. The van der Waals surface area contributed by atoms with E-state index in [1.807, 2.05) is 0 Å². The SMILES string of the molecule is O=C(O)[C@@H]1CCn2c(cnc2C(F)(F)F)C1. The third-order valence-corrected chi connectivity index (χ3v) is 2.70. The molecule has 0 radical (unpaired) electrons. The number of nitrogens with zero attached hydrogens (tertiary/aromatic N) is 2. The summed E-state index contributed by atoms with van der Waals surface area (Å²) in [4.78, 5) is 14.0. The summed E-state index contributed by atoms with van der Waals surface area (Å²) in [5.74, 6) is -2.52. The number of carboxylic acid groups (broad SMARTS) is 1. The quantitative estimate of drug-likeness (QED) is 0.802. The summed E-state index contributed by atoms with van der Waals surface area (Å²) in [6.45, 7) is 0.0567. The minimum atomic E-state index is -4.48. The largest absolute Gasteiger partial charge is 0.481 e. The monoisotopic (exact) mass is 234 g/mol. The Morgan fingerprint density at radius 3 is 2.81 bits per heavy atom. The van der Waals surface area contributed by atoms with Crippen molar-refractivity contribution in [2.24, 2.45) is 5.92 Å². The van der Waals surface area contributed by atoms with Gasteiger partial charge in [-0.05, 0) is 6.42 Å². The van der Waals surface area contributed by atoms with Crippen LogP contribution in [0.25, 0.3) is 0 Å². The maximum absolute atomic E-state index is 12.5. The van der Waals surface area contributed by atoms with Crippen LogP contribution < -0.4 is 0 Å². The molecule has 0 aromatic carbocycles. The van der Waals surface area contributed by atoms with Gasteiger partial charge >= 0.3 is 12.1 Å². The molecule has 16 heavy (non-hydrogen) atoms. The molecule has 0 unspecified atom stereocenters. The first-order valence-corrected chi connectivity index (χ1v) is 4.74.